The van der Waals surface area contributed by atoms with Crippen molar-refractivity contribution in [3.63, 3.8) is 0 Å². The number of benzene rings is 3. The van der Waals surface area contributed by atoms with E-state index in [1.165, 1.54) is 7.11 Å². The zero-order chi connectivity index (χ0) is 33.9. The van der Waals surface area contributed by atoms with E-state index in [-0.39, 0.29) is 55.3 Å². The Morgan fingerprint density at radius 2 is 1.98 bits per heavy atom. The average molecular weight is 652 g/mol. The van der Waals surface area contributed by atoms with Crippen LogP contribution in [0.5, 0.6) is 5.75 Å². The number of hydrogen-bond donors (Lipinski definition) is 1. The number of aromatic nitrogens is 1. The van der Waals surface area contributed by atoms with Crippen LogP contribution in [0, 0.1) is 30.0 Å². The number of carbonyl (C=O) groups excluding carboxylic acids is 2. The summed E-state index contributed by atoms with van der Waals surface area (Å²) >= 11 is 0. The summed E-state index contributed by atoms with van der Waals surface area (Å²) in [7, 11) is 1.54. The highest BCUT2D eigenvalue weighted by molar-refractivity contribution is 6.11. The van der Waals surface area contributed by atoms with Crippen molar-refractivity contribution < 1.29 is 28.2 Å². The predicted molar refractivity (Wildman–Crippen MR) is 180 cm³/mol. The SMILES string of the molecule is COCOc1cc(-c2c(CCC#N)cc3c4c(c(C)nc3c2F)NC(=O)CN4C2C3CC2N(C(=O)OC(C)(C)C)C3)c2ccccc2c1. The van der Waals surface area contributed by atoms with Crippen LogP contribution in [-0.4, -0.2) is 66.6 Å². The number of amides is 2. The number of nitrogens with one attached hydrogen (secondary N) is 1. The predicted octanol–water partition coefficient (Wildman–Crippen LogP) is 6.71. The number of nitrogens with zero attached hydrogens (tertiary/aromatic N) is 4. The van der Waals surface area contributed by atoms with Gasteiger partial charge in [-0.25, -0.2) is 14.2 Å². The van der Waals surface area contributed by atoms with Gasteiger partial charge in [0, 0.05) is 36.9 Å². The van der Waals surface area contributed by atoms with Crippen molar-refractivity contribution in [2.24, 2.45) is 5.92 Å². The smallest absolute Gasteiger partial charge is 0.410 e. The number of anilines is 2. The van der Waals surface area contributed by atoms with Crippen molar-refractivity contribution in [1.29, 1.82) is 5.26 Å². The molecule has 0 spiro atoms. The second kappa shape index (κ2) is 11.9. The largest absolute Gasteiger partial charge is 0.468 e. The zero-order valence-corrected chi connectivity index (χ0v) is 27.7. The molecule has 11 heteroatoms. The summed E-state index contributed by atoms with van der Waals surface area (Å²) < 4.78 is 34.0. The Bertz CT molecular complexity index is 2020. The molecule has 1 aliphatic carbocycles. The molecule has 1 aromatic heterocycles. The molecule has 4 aliphatic rings. The maximum Gasteiger partial charge on any atom is 0.410 e. The minimum atomic E-state index is -0.633. The van der Waals surface area contributed by atoms with Gasteiger partial charge in [0.2, 0.25) is 5.91 Å². The van der Waals surface area contributed by atoms with Crippen molar-refractivity contribution >= 4 is 45.1 Å². The van der Waals surface area contributed by atoms with Crippen LogP contribution in [0.4, 0.5) is 20.6 Å². The first kappa shape index (κ1) is 31.6. The fraction of sp³-hybridized carbons (Fsp3) is 0.405. The minimum Gasteiger partial charge on any atom is -0.468 e. The first-order valence-corrected chi connectivity index (χ1v) is 16.2. The van der Waals surface area contributed by atoms with Crippen LogP contribution >= 0.6 is 0 Å². The van der Waals surface area contributed by atoms with Crippen molar-refractivity contribution in [1.82, 2.24) is 9.88 Å². The molecule has 8 rings (SSSR count). The highest BCUT2D eigenvalue weighted by atomic mass is 19.1. The van der Waals surface area contributed by atoms with E-state index in [1.807, 2.05) is 62.1 Å². The van der Waals surface area contributed by atoms with Gasteiger partial charge < -0.3 is 29.3 Å². The lowest BCUT2D eigenvalue weighted by molar-refractivity contribution is -0.115. The molecule has 3 fully saturated rings. The Kier molecular flexibility index (Phi) is 7.87. The second-order valence-corrected chi connectivity index (χ2v) is 13.8. The first-order valence-electron chi connectivity index (χ1n) is 16.2. The number of ether oxygens (including phenoxy) is 3. The topological polar surface area (TPSA) is 117 Å². The zero-order valence-electron chi connectivity index (χ0n) is 27.7. The normalized spacial score (nSPS) is 19.9. The molecule has 2 amide bonds. The lowest BCUT2D eigenvalue weighted by Gasteiger charge is -2.47. The van der Waals surface area contributed by atoms with Crippen LogP contribution in [0.3, 0.4) is 0 Å². The molecule has 3 aliphatic heterocycles. The number of fused-ring (bicyclic) bond motifs is 5. The molecule has 0 radical (unpaired) electrons. The van der Waals surface area contributed by atoms with Crippen molar-refractivity contribution in [2.75, 3.05) is 37.2 Å². The Labute approximate surface area is 278 Å². The maximum atomic E-state index is 17.3. The molecule has 4 aromatic rings. The minimum absolute atomic E-state index is 0.0300. The van der Waals surface area contributed by atoms with E-state index >= 15 is 4.39 Å². The average Bonchev–Trinajstić information content (AvgIpc) is 3.64. The number of rotatable bonds is 7. The van der Waals surface area contributed by atoms with Crippen molar-refractivity contribution in [3.8, 4) is 22.9 Å². The van der Waals surface area contributed by atoms with Crippen LogP contribution in [0.1, 0.15) is 44.9 Å². The number of pyridine rings is 1. The number of hydrogen-bond acceptors (Lipinski definition) is 8. The van der Waals surface area contributed by atoms with Crippen LogP contribution in [-0.2, 0) is 20.7 Å². The molecule has 4 heterocycles. The van der Waals surface area contributed by atoms with E-state index in [0.717, 1.165) is 17.2 Å². The fourth-order valence-electron chi connectivity index (χ4n) is 7.59. The van der Waals surface area contributed by atoms with E-state index in [1.54, 1.807) is 17.9 Å². The van der Waals surface area contributed by atoms with Gasteiger partial charge in [0.25, 0.3) is 0 Å². The number of halogens is 1. The van der Waals surface area contributed by atoms with E-state index in [4.69, 9.17) is 19.2 Å². The standard InChI is InChI=1S/C37H38FN5O5/c1-20-32-35(43(18-29(44)41-32)34-23-15-28(34)42(17-23)36(45)48-37(2,3)4)27-14-22(10-8-12-39)30(31(38)33(27)40-20)26-16-24(47-19-46-5)13-21-9-6-7-11-25(21)26/h6-7,9,11,13-14,16,23,28,34H,8,10,15,17-19H2,1-5H3,(H,41,44). The summed E-state index contributed by atoms with van der Waals surface area (Å²) in [6.07, 6.45) is 0.912. The van der Waals surface area contributed by atoms with Crippen molar-refractivity contribution in [2.45, 2.75) is 64.6 Å². The number of methoxy groups -OCH3 is 1. The van der Waals surface area contributed by atoms with Crippen LogP contribution in [0.25, 0.3) is 32.8 Å². The maximum absolute atomic E-state index is 17.3. The molecular weight excluding hydrogens is 613 g/mol. The van der Waals surface area contributed by atoms with Gasteiger partial charge in [0.15, 0.2) is 12.6 Å². The van der Waals surface area contributed by atoms with E-state index in [0.29, 0.717) is 57.9 Å². The Balaban J connectivity index is 1.41. The fourth-order valence-corrected chi connectivity index (χ4v) is 7.59. The summed E-state index contributed by atoms with van der Waals surface area (Å²) in [5, 5.41) is 14.9. The van der Waals surface area contributed by atoms with Gasteiger partial charge in [-0.3, -0.25) is 4.79 Å². The van der Waals surface area contributed by atoms with Crippen LogP contribution in [0.15, 0.2) is 42.5 Å². The van der Waals surface area contributed by atoms with Gasteiger partial charge in [-0.1, -0.05) is 24.3 Å². The summed E-state index contributed by atoms with van der Waals surface area (Å²) in [5.74, 6) is -0.0462. The summed E-state index contributed by atoms with van der Waals surface area (Å²) in [6.45, 7) is 7.91. The van der Waals surface area contributed by atoms with Crippen LogP contribution in [0.2, 0.25) is 0 Å². The van der Waals surface area contributed by atoms with Crippen LogP contribution < -0.4 is 15.0 Å². The number of carbonyl (C=O) groups is 2. The molecule has 3 atom stereocenters. The Morgan fingerprint density at radius 3 is 2.73 bits per heavy atom. The lowest BCUT2D eigenvalue weighted by atomic mass is 9.78. The molecule has 3 unspecified atom stereocenters. The van der Waals surface area contributed by atoms with Gasteiger partial charge in [0.05, 0.1) is 41.8 Å². The molecular formula is C37H38FN5O5. The van der Waals surface area contributed by atoms with E-state index in [9.17, 15) is 14.9 Å². The van der Waals surface area contributed by atoms with Gasteiger partial charge >= 0.3 is 6.09 Å². The molecule has 2 saturated heterocycles. The van der Waals surface area contributed by atoms with Gasteiger partial charge in [-0.2, -0.15) is 5.26 Å². The number of aryl methyl sites for hydroxylation is 2. The lowest BCUT2D eigenvalue weighted by Crippen LogP contribution is -2.59. The summed E-state index contributed by atoms with van der Waals surface area (Å²) in [6, 6.07) is 15.2. The molecule has 248 valence electrons. The molecule has 10 nitrogen and oxygen atoms in total. The second-order valence-electron chi connectivity index (χ2n) is 13.8. The Morgan fingerprint density at radius 1 is 1.19 bits per heavy atom. The third kappa shape index (κ3) is 5.34. The Hall–Kier alpha value is -4.95. The molecule has 48 heavy (non-hydrogen) atoms. The monoisotopic (exact) mass is 651 g/mol. The molecule has 2 bridgehead atoms. The third-order valence-electron chi connectivity index (χ3n) is 9.52. The van der Waals surface area contributed by atoms with Crippen molar-refractivity contribution in [3.05, 3.63) is 59.5 Å². The quantitative estimate of drug-likeness (QED) is 0.219. The molecule has 1 N–H and O–H groups in total. The number of nitriles is 1. The first-order chi connectivity index (χ1) is 23.0. The molecule has 3 aromatic carbocycles. The van der Waals surface area contributed by atoms with Gasteiger partial charge in [-0.05, 0) is 80.6 Å². The van der Waals surface area contributed by atoms with E-state index in [2.05, 4.69) is 11.4 Å². The third-order valence-corrected chi connectivity index (χ3v) is 9.52. The highest BCUT2D eigenvalue weighted by Gasteiger charge is 2.58. The molecule has 1 saturated carbocycles. The van der Waals surface area contributed by atoms with E-state index < -0.39 is 11.4 Å². The summed E-state index contributed by atoms with van der Waals surface area (Å²) in [5.41, 5.74) is 2.88. The summed E-state index contributed by atoms with van der Waals surface area (Å²) in [4.78, 5) is 34.8. The van der Waals surface area contributed by atoms with Gasteiger partial charge in [-0.15, -0.1) is 0 Å². The van der Waals surface area contributed by atoms with Gasteiger partial charge in [0.1, 0.15) is 16.9 Å². The highest BCUT2D eigenvalue weighted by Crippen LogP contribution is 2.51.